The van der Waals surface area contributed by atoms with E-state index >= 15 is 0 Å². The zero-order valence-electron chi connectivity index (χ0n) is 11.4. The Morgan fingerprint density at radius 3 is 2.22 bits per heavy atom. The predicted molar refractivity (Wildman–Crippen MR) is 76.4 cm³/mol. The van der Waals surface area contributed by atoms with Crippen LogP contribution in [-0.4, -0.2) is 11.7 Å². The Hall–Kier alpha value is -0.820. The van der Waals surface area contributed by atoms with Crippen LogP contribution in [0.15, 0.2) is 24.3 Å². The summed E-state index contributed by atoms with van der Waals surface area (Å²) < 4.78 is 0. The summed E-state index contributed by atoms with van der Waals surface area (Å²) in [6.07, 6.45) is 2.53. The van der Waals surface area contributed by atoms with E-state index in [0.717, 1.165) is 18.4 Å². The molecule has 1 fully saturated rings. The first-order chi connectivity index (χ1) is 8.40. The number of rotatable bonds is 2. The number of hydrogen-bond donors (Lipinski definition) is 0. The van der Waals surface area contributed by atoms with E-state index in [1.54, 1.807) is 0 Å². The summed E-state index contributed by atoms with van der Waals surface area (Å²) in [6.45, 7) is 6.58. The van der Waals surface area contributed by atoms with Gasteiger partial charge in [-0.05, 0) is 29.4 Å². The average molecular weight is 265 g/mol. The van der Waals surface area contributed by atoms with Crippen molar-refractivity contribution in [3.8, 4) is 0 Å². The van der Waals surface area contributed by atoms with E-state index < -0.39 is 5.41 Å². The molecule has 1 aliphatic rings. The second-order valence-corrected chi connectivity index (χ2v) is 6.59. The molecule has 98 valence electrons. The highest BCUT2D eigenvalue weighted by Crippen LogP contribution is 2.39. The molecular weight excluding hydrogens is 244 g/mol. The molecule has 2 heteroatoms. The third kappa shape index (κ3) is 2.21. The molecule has 0 saturated heterocycles. The van der Waals surface area contributed by atoms with Crippen molar-refractivity contribution in [2.24, 2.45) is 0 Å². The van der Waals surface area contributed by atoms with Crippen LogP contribution in [0.25, 0.3) is 0 Å². The molecule has 1 atom stereocenters. The van der Waals surface area contributed by atoms with E-state index in [9.17, 15) is 4.79 Å². The maximum absolute atomic E-state index is 12.1. The number of benzene rings is 1. The van der Waals surface area contributed by atoms with Crippen molar-refractivity contribution in [2.45, 2.75) is 50.9 Å². The third-order valence-corrected chi connectivity index (χ3v) is 4.53. The summed E-state index contributed by atoms with van der Waals surface area (Å²) >= 11 is 6.10. The van der Waals surface area contributed by atoms with Crippen molar-refractivity contribution < 1.29 is 4.79 Å². The molecule has 2 rings (SSSR count). The molecule has 1 aromatic carbocycles. The monoisotopic (exact) mass is 264 g/mol. The summed E-state index contributed by atoms with van der Waals surface area (Å²) in [5.74, 6) is 0.710. The van der Waals surface area contributed by atoms with Gasteiger partial charge in [0.1, 0.15) is 5.78 Å². The van der Waals surface area contributed by atoms with Gasteiger partial charge in [0, 0.05) is 12.3 Å². The first-order valence-electron chi connectivity index (χ1n) is 6.60. The fourth-order valence-electron chi connectivity index (χ4n) is 2.74. The quantitative estimate of drug-likeness (QED) is 0.731. The van der Waals surface area contributed by atoms with E-state index in [4.69, 9.17) is 11.6 Å². The van der Waals surface area contributed by atoms with E-state index in [1.165, 1.54) is 5.56 Å². The molecule has 0 heterocycles. The van der Waals surface area contributed by atoms with Gasteiger partial charge in [0.25, 0.3) is 0 Å². The van der Waals surface area contributed by atoms with Gasteiger partial charge < -0.3 is 0 Å². The summed E-state index contributed by atoms with van der Waals surface area (Å²) in [5.41, 5.74) is 2.11. The molecule has 0 amide bonds. The minimum atomic E-state index is -0.419. The van der Waals surface area contributed by atoms with Crippen LogP contribution >= 0.6 is 11.6 Å². The van der Waals surface area contributed by atoms with E-state index in [2.05, 4.69) is 45.0 Å². The van der Waals surface area contributed by atoms with Gasteiger partial charge in [0.15, 0.2) is 0 Å². The zero-order chi connectivity index (χ0) is 13.4. The lowest BCUT2D eigenvalue weighted by Crippen LogP contribution is -2.33. The fourth-order valence-corrected chi connectivity index (χ4v) is 3.18. The van der Waals surface area contributed by atoms with Crippen molar-refractivity contribution in [2.75, 3.05) is 5.88 Å². The number of carbonyl (C=O) groups excluding carboxylic acids is 1. The number of Topliss-reactive ketones (excluding diaryl/α,β-unsaturated/α-hetero) is 1. The number of alkyl halides is 1. The summed E-state index contributed by atoms with van der Waals surface area (Å²) in [4.78, 5) is 12.1. The van der Waals surface area contributed by atoms with Gasteiger partial charge in [0.2, 0.25) is 0 Å². The SMILES string of the molecule is CC(C)(C)c1ccc([C@@]2(CCl)CCCC2=O)cc1. The van der Waals surface area contributed by atoms with Crippen LogP contribution in [-0.2, 0) is 15.6 Å². The topological polar surface area (TPSA) is 17.1 Å². The summed E-state index contributed by atoms with van der Waals surface area (Å²) in [6, 6.07) is 8.45. The van der Waals surface area contributed by atoms with Crippen LogP contribution in [0.3, 0.4) is 0 Å². The van der Waals surface area contributed by atoms with Crippen molar-refractivity contribution in [3.63, 3.8) is 0 Å². The van der Waals surface area contributed by atoms with Gasteiger partial charge in [-0.3, -0.25) is 4.79 Å². The number of hydrogen-bond acceptors (Lipinski definition) is 1. The Bertz CT molecular complexity index is 441. The van der Waals surface area contributed by atoms with Crippen molar-refractivity contribution >= 4 is 17.4 Å². The van der Waals surface area contributed by atoms with Crippen LogP contribution < -0.4 is 0 Å². The zero-order valence-corrected chi connectivity index (χ0v) is 12.2. The lowest BCUT2D eigenvalue weighted by molar-refractivity contribution is -0.121. The summed E-state index contributed by atoms with van der Waals surface area (Å²) in [5, 5.41) is 0. The number of carbonyl (C=O) groups is 1. The standard InChI is InChI=1S/C16H21ClO/c1-15(2,3)12-6-8-13(9-7-12)16(11-17)10-4-5-14(16)18/h6-9H,4-5,10-11H2,1-3H3/t16-/m0/s1. The first kappa shape index (κ1) is 13.6. The molecule has 0 aromatic heterocycles. The lowest BCUT2D eigenvalue weighted by Gasteiger charge is -2.27. The number of halogens is 1. The van der Waals surface area contributed by atoms with Crippen LogP contribution in [0, 0.1) is 0 Å². The maximum atomic E-state index is 12.1. The van der Waals surface area contributed by atoms with Crippen molar-refractivity contribution in [3.05, 3.63) is 35.4 Å². The Balaban J connectivity index is 2.37. The predicted octanol–water partition coefficient (Wildman–Crippen LogP) is 4.21. The normalized spacial score (nSPS) is 24.6. The van der Waals surface area contributed by atoms with E-state index in [1.807, 2.05) is 0 Å². The van der Waals surface area contributed by atoms with Gasteiger partial charge in [-0.25, -0.2) is 0 Å². The Morgan fingerprint density at radius 2 is 1.83 bits per heavy atom. The third-order valence-electron chi connectivity index (χ3n) is 4.07. The maximum Gasteiger partial charge on any atom is 0.144 e. The lowest BCUT2D eigenvalue weighted by atomic mass is 9.78. The fraction of sp³-hybridized carbons (Fsp3) is 0.562. The van der Waals surface area contributed by atoms with Crippen molar-refractivity contribution in [1.29, 1.82) is 0 Å². The van der Waals surface area contributed by atoms with E-state index in [0.29, 0.717) is 18.1 Å². The minimum Gasteiger partial charge on any atom is -0.299 e. The number of ketones is 1. The van der Waals surface area contributed by atoms with Crippen LogP contribution in [0.4, 0.5) is 0 Å². The smallest absolute Gasteiger partial charge is 0.144 e. The van der Waals surface area contributed by atoms with Gasteiger partial charge >= 0.3 is 0 Å². The Labute approximate surface area is 115 Å². The molecule has 0 unspecified atom stereocenters. The molecule has 0 bridgehead atoms. The van der Waals surface area contributed by atoms with Gasteiger partial charge in [-0.1, -0.05) is 45.0 Å². The molecule has 1 nitrogen and oxygen atoms in total. The summed E-state index contributed by atoms with van der Waals surface area (Å²) in [7, 11) is 0. The Kier molecular flexibility index (Phi) is 3.55. The molecule has 0 aliphatic heterocycles. The highest BCUT2D eigenvalue weighted by atomic mass is 35.5. The first-order valence-corrected chi connectivity index (χ1v) is 7.14. The molecule has 1 aromatic rings. The van der Waals surface area contributed by atoms with Crippen LogP contribution in [0.2, 0.25) is 0 Å². The van der Waals surface area contributed by atoms with Gasteiger partial charge in [-0.15, -0.1) is 11.6 Å². The minimum absolute atomic E-state index is 0.145. The molecule has 1 aliphatic carbocycles. The molecular formula is C16H21ClO. The average Bonchev–Trinajstić information content (AvgIpc) is 2.71. The van der Waals surface area contributed by atoms with Crippen LogP contribution in [0.5, 0.6) is 0 Å². The highest BCUT2D eigenvalue weighted by molar-refractivity contribution is 6.21. The van der Waals surface area contributed by atoms with Crippen LogP contribution in [0.1, 0.15) is 51.2 Å². The molecule has 1 saturated carbocycles. The molecule has 0 N–H and O–H groups in total. The van der Waals surface area contributed by atoms with Crippen molar-refractivity contribution in [1.82, 2.24) is 0 Å². The Morgan fingerprint density at radius 1 is 1.22 bits per heavy atom. The van der Waals surface area contributed by atoms with E-state index in [-0.39, 0.29) is 5.41 Å². The highest BCUT2D eigenvalue weighted by Gasteiger charge is 2.42. The largest absolute Gasteiger partial charge is 0.299 e. The van der Waals surface area contributed by atoms with Gasteiger partial charge in [0.05, 0.1) is 5.41 Å². The second-order valence-electron chi connectivity index (χ2n) is 6.32. The molecule has 0 spiro atoms. The van der Waals surface area contributed by atoms with Gasteiger partial charge in [-0.2, -0.15) is 0 Å². The molecule has 0 radical (unpaired) electrons. The molecule has 18 heavy (non-hydrogen) atoms. The second kappa shape index (κ2) is 4.70.